The second-order valence-electron chi connectivity index (χ2n) is 6.55. The van der Waals surface area contributed by atoms with Crippen LogP contribution in [0.5, 0.6) is 5.75 Å². The first kappa shape index (κ1) is 18.5. The van der Waals surface area contributed by atoms with Gasteiger partial charge in [0.15, 0.2) is 0 Å². The number of methoxy groups -OCH3 is 1. The van der Waals surface area contributed by atoms with Crippen LogP contribution in [0.15, 0.2) is 53.7 Å². The number of tetrazole rings is 1. The number of anilines is 1. The summed E-state index contributed by atoms with van der Waals surface area (Å²) in [7, 11) is 1.62. The van der Waals surface area contributed by atoms with Gasteiger partial charge in [-0.15, -0.1) is 5.10 Å². The van der Waals surface area contributed by atoms with Crippen LogP contribution in [0, 0.1) is 0 Å². The van der Waals surface area contributed by atoms with E-state index in [0.29, 0.717) is 5.16 Å². The van der Waals surface area contributed by atoms with Crippen LogP contribution in [-0.4, -0.2) is 45.0 Å². The van der Waals surface area contributed by atoms with Gasteiger partial charge in [0.1, 0.15) is 5.75 Å². The molecule has 0 N–H and O–H groups in total. The van der Waals surface area contributed by atoms with Crippen molar-refractivity contribution in [2.45, 2.75) is 30.2 Å². The lowest BCUT2D eigenvalue weighted by molar-refractivity contribution is -0.117. The highest BCUT2D eigenvalue weighted by Gasteiger charge is 2.28. The van der Waals surface area contributed by atoms with Crippen molar-refractivity contribution in [3.63, 3.8) is 0 Å². The molecule has 3 aromatic rings. The second-order valence-corrected chi connectivity index (χ2v) is 7.86. The zero-order valence-electron chi connectivity index (χ0n) is 15.8. The molecule has 28 heavy (non-hydrogen) atoms. The van der Waals surface area contributed by atoms with Crippen molar-refractivity contribution in [2.75, 3.05) is 18.6 Å². The van der Waals surface area contributed by atoms with E-state index in [4.69, 9.17) is 4.74 Å². The Balaban J connectivity index is 1.52. The number of aromatic nitrogens is 4. The molecule has 144 valence electrons. The number of hydrogen-bond donors (Lipinski definition) is 0. The second kappa shape index (κ2) is 8.02. The molecule has 0 aliphatic carbocycles. The molecule has 0 radical (unpaired) electrons. The predicted octanol–water partition coefficient (Wildman–Crippen LogP) is 3.13. The van der Waals surface area contributed by atoms with E-state index in [2.05, 4.69) is 21.6 Å². The monoisotopic (exact) mass is 395 g/mol. The van der Waals surface area contributed by atoms with Crippen LogP contribution in [0.1, 0.15) is 18.9 Å². The number of nitrogens with zero attached hydrogens (tertiary/aromatic N) is 5. The molecule has 0 saturated carbocycles. The van der Waals surface area contributed by atoms with Crippen LogP contribution in [0.2, 0.25) is 0 Å². The summed E-state index contributed by atoms with van der Waals surface area (Å²) in [5.41, 5.74) is 3.06. The summed E-state index contributed by atoms with van der Waals surface area (Å²) < 4.78 is 6.83. The van der Waals surface area contributed by atoms with Crippen molar-refractivity contribution in [1.29, 1.82) is 0 Å². The predicted molar refractivity (Wildman–Crippen MR) is 108 cm³/mol. The van der Waals surface area contributed by atoms with Crippen molar-refractivity contribution in [3.8, 4) is 11.4 Å². The zero-order chi connectivity index (χ0) is 19.5. The number of carbonyl (C=O) groups is 1. The Morgan fingerprint density at radius 2 is 1.96 bits per heavy atom. The average molecular weight is 395 g/mol. The number of benzene rings is 2. The van der Waals surface area contributed by atoms with Gasteiger partial charge in [-0.3, -0.25) is 4.79 Å². The number of thioether (sulfide) groups is 1. The van der Waals surface area contributed by atoms with Gasteiger partial charge < -0.3 is 9.64 Å². The first-order valence-electron chi connectivity index (χ1n) is 9.16. The zero-order valence-corrected chi connectivity index (χ0v) is 16.6. The molecule has 7 nitrogen and oxygen atoms in total. The molecule has 8 heteroatoms. The Kier molecular flexibility index (Phi) is 5.29. The Bertz CT molecular complexity index is 973. The highest BCUT2D eigenvalue weighted by atomic mass is 32.2. The maximum atomic E-state index is 13.1. The van der Waals surface area contributed by atoms with Crippen molar-refractivity contribution in [2.24, 2.45) is 0 Å². The van der Waals surface area contributed by atoms with Crippen LogP contribution in [0.25, 0.3) is 5.69 Å². The van der Waals surface area contributed by atoms with Crippen LogP contribution in [0.3, 0.4) is 0 Å². The third kappa shape index (κ3) is 3.60. The molecule has 0 saturated heterocycles. The van der Waals surface area contributed by atoms with E-state index in [-0.39, 0.29) is 11.2 Å². The summed E-state index contributed by atoms with van der Waals surface area (Å²) in [6.45, 7) is 2.64. The van der Waals surface area contributed by atoms with Gasteiger partial charge in [-0.1, -0.05) is 30.0 Å². The Labute approximate surface area is 167 Å². The molecule has 0 bridgehead atoms. The van der Waals surface area contributed by atoms with Crippen LogP contribution < -0.4 is 9.64 Å². The number of ether oxygens (including phenoxy) is 1. The molecule has 1 aromatic heterocycles. The summed E-state index contributed by atoms with van der Waals surface area (Å²) in [6, 6.07) is 15.6. The third-order valence-electron chi connectivity index (χ3n) is 4.76. The van der Waals surface area contributed by atoms with Crippen molar-refractivity contribution >= 4 is 23.4 Å². The fourth-order valence-corrected chi connectivity index (χ4v) is 4.20. The molecule has 2 heterocycles. The lowest BCUT2D eigenvalue weighted by atomic mass is 10.0. The number of hydrogen-bond acceptors (Lipinski definition) is 6. The molecule has 4 rings (SSSR count). The Hall–Kier alpha value is -2.87. The topological polar surface area (TPSA) is 73.1 Å². The highest BCUT2D eigenvalue weighted by molar-refractivity contribution is 8.00. The van der Waals surface area contributed by atoms with E-state index < -0.39 is 0 Å². The van der Waals surface area contributed by atoms with E-state index in [9.17, 15) is 4.79 Å². The van der Waals surface area contributed by atoms with E-state index in [1.807, 2.05) is 54.3 Å². The summed E-state index contributed by atoms with van der Waals surface area (Å²) in [6.07, 6.45) is 1.99. The Morgan fingerprint density at radius 3 is 2.75 bits per heavy atom. The number of para-hydroxylation sites is 1. The molecule has 1 aliphatic rings. The quantitative estimate of drug-likeness (QED) is 0.618. The fraction of sp³-hybridized carbons (Fsp3) is 0.300. The minimum absolute atomic E-state index is 0.0708. The van der Waals surface area contributed by atoms with Crippen LogP contribution in [0.4, 0.5) is 5.69 Å². The lowest BCUT2D eigenvalue weighted by Gasteiger charge is -2.31. The molecule has 1 atom stereocenters. The van der Waals surface area contributed by atoms with E-state index >= 15 is 0 Å². The molecule has 0 spiro atoms. The van der Waals surface area contributed by atoms with Crippen molar-refractivity contribution in [1.82, 2.24) is 20.2 Å². The van der Waals surface area contributed by atoms with Gasteiger partial charge in [-0.2, -0.15) is 4.68 Å². The summed E-state index contributed by atoms with van der Waals surface area (Å²) in [5.74, 6) is 0.833. The van der Waals surface area contributed by atoms with Gasteiger partial charge in [-0.25, -0.2) is 0 Å². The Morgan fingerprint density at radius 1 is 1.18 bits per heavy atom. The normalized spacial score (nSPS) is 14.4. The maximum Gasteiger partial charge on any atom is 0.240 e. The maximum absolute atomic E-state index is 13.1. The van der Waals surface area contributed by atoms with Gasteiger partial charge in [0.25, 0.3) is 0 Å². The number of carbonyl (C=O) groups excluding carboxylic acids is 1. The first-order chi connectivity index (χ1) is 13.7. The summed E-state index contributed by atoms with van der Waals surface area (Å²) >= 11 is 1.36. The van der Waals surface area contributed by atoms with Gasteiger partial charge in [0, 0.05) is 12.2 Å². The average Bonchev–Trinajstić information content (AvgIpc) is 3.21. The molecule has 1 amide bonds. The molecule has 2 aromatic carbocycles. The number of aryl methyl sites for hydroxylation is 1. The molecular formula is C20H21N5O2S. The molecule has 0 fully saturated rings. The van der Waals surface area contributed by atoms with Crippen molar-refractivity contribution in [3.05, 3.63) is 54.1 Å². The largest absolute Gasteiger partial charge is 0.497 e. The molecule has 1 aliphatic heterocycles. The van der Waals surface area contributed by atoms with E-state index in [0.717, 1.165) is 36.5 Å². The minimum Gasteiger partial charge on any atom is -0.497 e. The SMILES string of the molecule is COc1ccc(-n2nnnc2SC(C)C(=O)N2CCCc3ccccc32)cc1. The highest BCUT2D eigenvalue weighted by Crippen LogP contribution is 2.31. The minimum atomic E-state index is -0.311. The van der Waals surface area contributed by atoms with Gasteiger partial charge >= 0.3 is 0 Å². The van der Waals surface area contributed by atoms with E-state index in [1.165, 1.54) is 17.3 Å². The van der Waals surface area contributed by atoms with E-state index in [1.54, 1.807) is 11.8 Å². The number of amides is 1. The molecular weight excluding hydrogens is 374 g/mol. The number of fused-ring (bicyclic) bond motifs is 1. The smallest absolute Gasteiger partial charge is 0.240 e. The first-order valence-corrected chi connectivity index (χ1v) is 10.0. The van der Waals surface area contributed by atoms with Gasteiger partial charge in [-0.05, 0) is 66.1 Å². The van der Waals surface area contributed by atoms with Gasteiger partial charge in [0.05, 0.1) is 18.0 Å². The third-order valence-corrected chi connectivity index (χ3v) is 5.78. The van der Waals surface area contributed by atoms with Crippen molar-refractivity contribution < 1.29 is 9.53 Å². The van der Waals surface area contributed by atoms with Crippen LogP contribution >= 0.6 is 11.8 Å². The molecule has 1 unspecified atom stereocenters. The number of rotatable bonds is 5. The fourth-order valence-electron chi connectivity index (χ4n) is 3.33. The standard InChI is InChI=1S/C20H21N5O2S/c1-14(19(26)24-13-5-7-15-6-3-4-8-18(15)24)28-20-21-22-23-25(20)16-9-11-17(27-2)12-10-16/h3-4,6,8-12,14H,5,7,13H2,1-2H3. The summed E-state index contributed by atoms with van der Waals surface area (Å²) in [5, 5.41) is 12.2. The van der Waals surface area contributed by atoms with Crippen LogP contribution in [-0.2, 0) is 11.2 Å². The van der Waals surface area contributed by atoms with Gasteiger partial charge in [0.2, 0.25) is 11.1 Å². The lowest BCUT2D eigenvalue weighted by Crippen LogP contribution is -2.40. The summed E-state index contributed by atoms with van der Waals surface area (Å²) in [4.78, 5) is 15.0.